The van der Waals surface area contributed by atoms with E-state index in [4.69, 9.17) is 0 Å². The fourth-order valence-electron chi connectivity index (χ4n) is 5.49. The lowest BCUT2D eigenvalue weighted by Gasteiger charge is -2.21. The van der Waals surface area contributed by atoms with E-state index in [0.29, 0.717) is 0 Å². The number of hydrogen-bond acceptors (Lipinski definition) is 0. The van der Waals surface area contributed by atoms with Crippen LogP contribution in [-0.2, 0) is 0 Å². The van der Waals surface area contributed by atoms with E-state index in [1.54, 1.807) is 0 Å². The van der Waals surface area contributed by atoms with Crippen LogP contribution in [0.1, 0.15) is 58.2 Å². The molecule has 0 aliphatic carbocycles. The van der Waals surface area contributed by atoms with Crippen molar-refractivity contribution in [3.63, 3.8) is 0 Å². The van der Waals surface area contributed by atoms with Crippen molar-refractivity contribution in [3.05, 3.63) is 145 Å². The van der Waals surface area contributed by atoms with Gasteiger partial charge in [-0.25, -0.2) is 0 Å². The molecule has 0 heterocycles. The second-order valence-corrected chi connectivity index (χ2v) is 9.54. The van der Waals surface area contributed by atoms with Crippen LogP contribution < -0.4 is 0 Å². The van der Waals surface area contributed by atoms with Crippen LogP contribution >= 0.6 is 0 Å². The molecule has 0 bridgehead atoms. The Hall–Kier alpha value is -4.68. The van der Waals surface area contributed by atoms with Crippen LogP contribution in [0.2, 0.25) is 0 Å². The van der Waals surface area contributed by atoms with E-state index in [-0.39, 0.29) is 0 Å². The zero-order valence-electron chi connectivity index (χ0n) is 27.0. The molecule has 0 heteroatoms. The first kappa shape index (κ1) is 32.8. The number of hydrogen-bond donors (Lipinski definition) is 0. The van der Waals surface area contributed by atoms with Crippen LogP contribution in [0.25, 0.3) is 67.1 Å². The van der Waals surface area contributed by atoms with Gasteiger partial charge in [-0.05, 0) is 79.0 Å². The van der Waals surface area contributed by atoms with Gasteiger partial charge in [0.25, 0.3) is 0 Å². The van der Waals surface area contributed by atoms with Gasteiger partial charge in [-0.15, -0.1) is 0 Å². The molecule has 0 spiro atoms. The number of benzene rings is 6. The van der Waals surface area contributed by atoms with Crippen LogP contribution in [0.5, 0.6) is 0 Å². The Morgan fingerprint density at radius 1 is 0.419 bits per heavy atom. The molecule has 6 rings (SSSR count). The predicted octanol–water partition coefficient (Wildman–Crippen LogP) is 13.7. The Bertz CT molecular complexity index is 1780. The van der Waals surface area contributed by atoms with Crippen molar-refractivity contribution in [2.45, 2.75) is 48.5 Å². The minimum Gasteiger partial charge on any atom is -0.0984 e. The quantitative estimate of drug-likeness (QED) is 0.196. The molecule has 6 aromatic rings. The van der Waals surface area contributed by atoms with E-state index in [1.807, 2.05) is 53.7 Å². The molecule has 0 radical (unpaired) electrons. The summed E-state index contributed by atoms with van der Waals surface area (Å²) in [5, 5.41) is 4.93. The SMILES string of the molecule is C=Cc1c(C=C)c(-c2ccc(-c3ccccc3)cc2)c2cc(C)ccc2c1-c1ccc2ccccc2c1.CC.CC.CC. The van der Waals surface area contributed by atoms with E-state index >= 15 is 0 Å². The van der Waals surface area contributed by atoms with Gasteiger partial charge >= 0.3 is 0 Å². The predicted molar refractivity (Wildman–Crippen MR) is 197 cm³/mol. The highest BCUT2D eigenvalue weighted by molar-refractivity contribution is 6.12. The third-order valence-electron chi connectivity index (χ3n) is 7.27. The third-order valence-corrected chi connectivity index (χ3v) is 7.27. The average molecular weight is 563 g/mol. The van der Waals surface area contributed by atoms with Gasteiger partial charge in [0.2, 0.25) is 0 Å². The van der Waals surface area contributed by atoms with Gasteiger partial charge in [0.05, 0.1) is 0 Å². The lowest BCUT2D eigenvalue weighted by molar-refractivity contribution is 1.49. The summed E-state index contributed by atoms with van der Waals surface area (Å²) in [6, 6.07) is 41.4. The van der Waals surface area contributed by atoms with E-state index in [9.17, 15) is 0 Å². The zero-order valence-corrected chi connectivity index (χ0v) is 27.0. The molecule has 43 heavy (non-hydrogen) atoms. The molecule has 218 valence electrons. The largest absolute Gasteiger partial charge is 0.0984 e. The lowest BCUT2D eigenvalue weighted by Crippen LogP contribution is -1.96. The normalized spacial score (nSPS) is 9.93. The summed E-state index contributed by atoms with van der Waals surface area (Å²) < 4.78 is 0. The van der Waals surface area contributed by atoms with Gasteiger partial charge in [0.15, 0.2) is 0 Å². The molecular weight excluding hydrogens is 516 g/mol. The number of aryl methyl sites for hydroxylation is 1. The Morgan fingerprint density at radius 3 is 1.51 bits per heavy atom. The second-order valence-electron chi connectivity index (χ2n) is 9.54. The third kappa shape index (κ3) is 6.87. The van der Waals surface area contributed by atoms with Gasteiger partial charge in [0, 0.05) is 0 Å². The molecule has 0 fully saturated rings. The number of fused-ring (bicyclic) bond motifs is 2. The molecule has 0 saturated heterocycles. The first-order valence-electron chi connectivity index (χ1n) is 15.7. The van der Waals surface area contributed by atoms with Crippen LogP contribution in [0.4, 0.5) is 0 Å². The monoisotopic (exact) mass is 562 g/mol. The van der Waals surface area contributed by atoms with Crippen LogP contribution in [0.3, 0.4) is 0 Å². The summed E-state index contributed by atoms with van der Waals surface area (Å²) in [4.78, 5) is 0. The lowest BCUT2D eigenvalue weighted by atomic mass is 9.82. The number of rotatable bonds is 5. The van der Waals surface area contributed by atoms with Gasteiger partial charge in [-0.2, -0.15) is 0 Å². The van der Waals surface area contributed by atoms with Crippen molar-refractivity contribution in [2.24, 2.45) is 0 Å². The fraction of sp³-hybridized carbons (Fsp3) is 0.163. The molecule has 0 aliphatic heterocycles. The van der Waals surface area contributed by atoms with Gasteiger partial charge in [0.1, 0.15) is 0 Å². The summed E-state index contributed by atoms with van der Waals surface area (Å²) in [6.45, 7) is 22.7. The van der Waals surface area contributed by atoms with E-state index in [0.717, 1.165) is 11.1 Å². The van der Waals surface area contributed by atoms with Crippen molar-refractivity contribution in [1.29, 1.82) is 0 Å². The molecule has 0 N–H and O–H groups in total. The molecular formula is C43H46. The molecule has 0 aliphatic rings. The molecule has 0 saturated carbocycles. The average Bonchev–Trinajstić information content (AvgIpc) is 3.10. The van der Waals surface area contributed by atoms with Gasteiger partial charge in [-0.3, -0.25) is 0 Å². The summed E-state index contributed by atoms with van der Waals surface area (Å²) in [7, 11) is 0. The molecule has 6 aromatic carbocycles. The van der Waals surface area contributed by atoms with Gasteiger partial charge < -0.3 is 0 Å². The maximum Gasteiger partial charge on any atom is -0.00264 e. The second kappa shape index (κ2) is 16.1. The highest BCUT2D eigenvalue weighted by Gasteiger charge is 2.19. The maximum absolute atomic E-state index is 4.26. The minimum absolute atomic E-state index is 1.11. The Balaban J connectivity index is 0.000000796. The molecule has 0 atom stereocenters. The standard InChI is InChI=1S/C37H28.3C2H6/c1-4-32-33(5-2)37(31-21-18-27-13-9-10-14-30(27)24-31)34-22-15-25(3)23-35(34)36(32)29-19-16-28(17-20-29)26-11-7-6-8-12-26;3*1-2/h4-24H,1-2H2,3H3;3*1-2H3. The van der Waals surface area contributed by atoms with Crippen molar-refractivity contribution in [1.82, 2.24) is 0 Å². The van der Waals surface area contributed by atoms with E-state index in [2.05, 4.69) is 135 Å². The minimum atomic E-state index is 1.11. The smallest absolute Gasteiger partial charge is 0.00264 e. The summed E-state index contributed by atoms with van der Waals surface area (Å²) in [6.07, 6.45) is 3.98. The first-order chi connectivity index (χ1) is 21.2. The summed E-state index contributed by atoms with van der Waals surface area (Å²) in [5.41, 5.74) is 10.7. The van der Waals surface area contributed by atoms with E-state index < -0.39 is 0 Å². The highest BCUT2D eigenvalue weighted by Crippen LogP contribution is 2.44. The highest BCUT2D eigenvalue weighted by atomic mass is 14.2. The summed E-state index contributed by atoms with van der Waals surface area (Å²) in [5.74, 6) is 0. The topological polar surface area (TPSA) is 0 Å². The van der Waals surface area contributed by atoms with Crippen molar-refractivity contribution >= 4 is 33.7 Å². The molecule has 0 aromatic heterocycles. The first-order valence-corrected chi connectivity index (χ1v) is 15.7. The Labute approximate surface area is 260 Å². The van der Waals surface area contributed by atoms with Crippen molar-refractivity contribution < 1.29 is 0 Å². The maximum atomic E-state index is 4.26. The zero-order chi connectivity index (χ0) is 31.4. The molecule has 0 amide bonds. The van der Waals surface area contributed by atoms with Crippen LogP contribution in [0, 0.1) is 6.92 Å². The van der Waals surface area contributed by atoms with Gasteiger partial charge in [-0.1, -0.05) is 182 Å². The van der Waals surface area contributed by atoms with Crippen molar-refractivity contribution in [3.8, 4) is 33.4 Å². The molecule has 0 unspecified atom stereocenters. The van der Waals surface area contributed by atoms with Crippen LogP contribution in [0.15, 0.2) is 128 Å². The van der Waals surface area contributed by atoms with Crippen LogP contribution in [-0.4, -0.2) is 0 Å². The van der Waals surface area contributed by atoms with E-state index in [1.165, 1.54) is 60.5 Å². The fourth-order valence-corrected chi connectivity index (χ4v) is 5.49. The van der Waals surface area contributed by atoms with Crippen molar-refractivity contribution in [2.75, 3.05) is 0 Å². The molecule has 0 nitrogen and oxygen atoms in total. The Morgan fingerprint density at radius 2 is 0.907 bits per heavy atom. The summed E-state index contributed by atoms with van der Waals surface area (Å²) >= 11 is 0. The Kier molecular flexibility index (Phi) is 12.3.